The van der Waals surface area contributed by atoms with Crippen LogP contribution in [-0.4, -0.2) is 35.1 Å². The Morgan fingerprint density at radius 2 is 1.80 bits per heavy atom. The van der Waals surface area contributed by atoms with Gasteiger partial charge in [0, 0.05) is 17.7 Å². The van der Waals surface area contributed by atoms with E-state index >= 15 is 0 Å². The van der Waals surface area contributed by atoms with Gasteiger partial charge in [0.15, 0.2) is 0 Å². The van der Waals surface area contributed by atoms with Gasteiger partial charge in [0.25, 0.3) is 23.6 Å². The number of nitrogens with one attached hydrogen (secondary N) is 1. The second-order valence-corrected chi connectivity index (χ2v) is 6.77. The van der Waals surface area contributed by atoms with E-state index in [4.69, 9.17) is 4.42 Å². The molecule has 0 aliphatic carbocycles. The Morgan fingerprint density at radius 3 is 2.50 bits per heavy atom. The molecular formula is C22H15N3O5. The first-order chi connectivity index (χ1) is 14.3. The molecule has 148 valence electrons. The first-order valence-corrected chi connectivity index (χ1v) is 9.14. The highest BCUT2D eigenvalue weighted by Crippen LogP contribution is 2.30. The van der Waals surface area contributed by atoms with Crippen LogP contribution in [0.3, 0.4) is 0 Å². The third kappa shape index (κ3) is 2.84. The van der Waals surface area contributed by atoms with E-state index in [1.54, 1.807) is 44.2 Å². The van der Waals surface area contributed by atoms with Crippen LogP contribution in [0, 0.1) is 11.3 Å². The van der Waals surface area contributed by atoms with Gasteiger partial charge in [-0.2, -0.15) is 5.26 Å². The Balaban J connectivity index is 1.73. The van der Waals surface area contributed by atoms with Crippen LogP contribution >= 0.6 is 0 Å². The molecule has 1 aromatic carbocycles. The quantitative estimate of drug-likeness (QED) is 0.623. The second kappa shape index (κ2) is 6.97. The molecule has 0 spiro atoms. The summed E-state index contributed by atoms with van der Waals surface area (Å²) in [6.45, 7) is 3.35. The van der Waals surface area contributed by atoms with Crippen molar-refractivity contribution in [2.75, 3.05) is 6.54 Å². The Labute approximate surface area is 171 Å². The van der Waals surface area contributed by atoms with E-state index in [1.807, 2.05) is 6.07 Å². The highest BCUT2D eigenvalue weighted by molar-refractivity contribution is 6.22. The second-order valence-electron chi connectivity index (χ2n) is 6.77. The number of nitrogens with zero attached hydrogens (tertiary/aromatic N) is 2. The molecule has 2 aliphatic rings. The summed E-state index contributed by atoms with van der Waals surface area (Å²) in [7, 11) is 0. The molecule has 8 nitrogen and oxygen atoms in total. The molecular weight excluding hydrogens is 386 g/mol. The summed E-state index contributed by atoms with van der Waals surface area (Å²) in [6.07, 6.45) is 1.48. The third-order valence-corrected chi connectivity index (χ3v) is 5.08. The summed E-state index contributed by atoms with van der Waals surface area (Å²) in [5, 5.41) is 11.5. The molecule has 30 heavy (non-hydrogen) atoms. The zero-order valence-electron chi connectivity index (χ0n) is 16.1. The molecule has 4 amide bonds. The first-order valence-electron chi connectivity index (χ1n) is 9.14. The van der Waals surface area contributed by atoms with Gasteiger partial charge in [-0.25, -0.2) is 0 Å². The number of nitriles is 1. The molecule has 4 rings (SSSR count). The van der Waals surface area contributed by atoms with Gasteiger partial charge in [-0.1, -0.05) is 6.07 Å². The fourth-order valence-electron chi connectivity index (χ4n) is 3.47. The minimum atomic E-state index is -0.606. The number of fused-ring (bicyclic) bond motifs is 1. The molecule has 0 saturated carbocycles. The number of imide groups is 2. The number of hydrogen-bond acceptors (Lipinski definition) is 6. The van der Waals surface area contributed by atoms with E-state index in [-0.39, 0.29) is 23.3 Å². The number of rotatable bonds is 3. The van der Waals surface area contributed by atoms with Crippen molar-refractivity contribution >= 4 is 29.7 Å². The van der Waals surface area contributed by atoms with Crippen molar-refractivity contribution in [1.82, 2.24) is 10.2 Å². The minimum absolute atomic E-state index is 0.0798. The fourth-order valence-corrected chi connectivity index (χ4v) is 3.47. The summed E-state index contributed by atoms with van der Waals surface area (Å²) in [6, 6.07) is 9.95. The van der Waals surface area contributed by atoms with Gasteiger partial charge in [-0.15, -0.1) is 0 Å². The van der Waals surface area contributed by atoms with E-state index in [9.17, 15) is 24.4 Å². The van der Waals surface area contributed by atoms with Crippen molar-refractivity contribution < 1.29 is 23.6 Å². The highest BCUT2D eigenvalue weighted by atomic mass is 16.3. The van der Waals surface area contributed by atoms with Crippen LogP contribution in [0.4, 0.5) is 0 Å². The smallest absolute Gasteiger partial charge is 0.271 e. The largest absolute Gasteiger partial charge is 0.457 e. The normalized spacial score (nSPS) is 17.5. The SMILES string of the molecule is CCN1C(=O)C(C#N)=C(C)/C(=C\c2ccc(-c3ccc4c(c3)C(=O)NC4=O)o2)C1=O. The molecule has 0 saturated heterocycles. The van der Waals surface area contributed by atoms with Crippen LogP contribution in [0.2, 0.25) is 0 Å². The van der Waals surface area contributed by atoms with E-state index in [1.165, 1.54) is 6.08 Å². The van der Waals surface area contributed by atoms with Crippen molar-refractivity contribution in [2.24, 2.45) is 0 Å². The van der Waals surface area contributed by atoms with E-state index in [0.717, 1.165) is 4.90 Å². The lowest BCUT2D eigenvalue weighted by molar-refractivity contribution is -0.140. The highest BCUT2D eigenvalue weighted by Gasteiger charge is 2.34. The van der Waals surface area contributed by atoms with Gasteiger partial charge in [-0.05, 0) is 49.8 Å². The number of likely N-dealkylation sites (N-methyl/N-ethyl adjacent to an activating group) is 1. The van der Waals surface area contributed by atoms with Crippen LogP contribution in [0.1, 0.15) is 40.3 Å². The number of carbonyl (C=O) groups is 4. The lowest BCUT2D eigenvalue weighted by Crippen LogP contribution is -2.42. The van der Waals surface area contributed by atoms with Crippen molar-refractivity contribution in [3.63, 3.8) is 0 Å². The van der Waals surface area contributed by atoms with Crippen LogP contribution < -0.4 is 5.32 Å². The molecule has 3 heterocycles. The van der Waals surface area contributed by atoms with Gasteiger partial charge in [0.05, 0.1) is 11.1 Å². The van der Waals surface area contributed by atoms with Gasteiger partial charge < -0.3 is 4.42 Å². The Bertz CT molecular complexity index is 1260. The van der Waals surface area contributed by atoms with Crippen LogP contribution in [0.15, 0.2) is 51.5 Å². The van der Waals surface area contributed by atoms with Gasteiger partial charge >= 0.3 is 0 Å². The summed E-state index contributed by atoms with van der Waals surface area (Å²) in [4.78, 5) is 49.5. The third-order valence-electron chi connectivity index (χ3n) is 5.08. The van der Waals surface area contributed by atoms with Gasteiger partial charge in [0.2, 0.25) is 0 Å². The number of amides is 4. The van der Waals surface area contributed by atoms with Crippen molar-refractivity contribution in [2.45, 2.75) is 13.8 Å². The lowest BCUT2D eigenvalue weighted by atomic mass is 9.95. The van der Waals surface area contributed by atoms with E-state index in [0.29, 0.717) is 28.2 Å². The molecule has 2 aromatic rings. The molecule has 2 aliphatic heterocycles. The Hall–Kier alpha value is -4.25. The topological polar surface area (TPSA) is 120 Å². The first kappa shape index (κ1) is 19.1. The number of hydrogen-bond donors (Lipinski definition) is 1. The summed E-state index contributed by atoms with van der Waals surface area (Å²) >= 11 is 0. The molecule has 1 N–H and O–H groups in total. The van der Waals surface area contributed by atoms with Crippen LogP contribution in [0.25, 0.3) is 17.4 Å². The molecule has 0 radical (unpaired) electrons. The molecule has 0 atom stereocenters. The summed E-state index contributed by atoms with van der Waals surface area (Å²) in [5.74, 6) is -1.22. The minimum Gasteiger partial charge on any atom is -0.457 e. The molecule has 1 aromatic heterocycles. The Kier molecular flexibility index (Phi) is 4.43. The molecule has 8 heteroatoms. The number of furan rings is 1. The summed E-state index contributed by atoms with van der Waals surface area (Å²) in [5.41, 5.74) is 1.58. The molecule has 0 unspecified atom stereocenters. The maximum Gasteiger partial charge on any atom is 0.271 e. The monoisotopic (exact) mass is 401 g/mol. The Morgan fingerprint density at radius 1 is 1.07 bits per heavy atom. The summed E-state index contributed by atoms with van der Waals surface area (Å²) < 4.78 is 5.80. The van der Waals surface area contributed by atoms with E-state index in [2.05, 4.69) is 5.32 Å². The number of benzene rings is 1. The zero-order valence-corrected chi connectivity index (χ0v) is 16.1. The van der Waals surface area contributed by atoms with Crippen molar-refractivity contribution in [3.8, 4) is 17.4 Å². The standard InChI is InChI=1S/C22H15N3O5/c1-3-25-21(28)15(11(2)17(10-23)22(25)29)9-13-5-7-18(30-13)12-4-6-14-16(8-12)20(27)24-19(14)26/h4-9H,3H2,1-2H3,(H,24,26,27)/b15-9+. The predicted molar refractivity (Wildman–Crippen MR) is 105 cm³/mol. The maximum atomic E-state index is 12.7. The number of carbonyl (C=O) groups excluding carboxylic acids is 4. The van der Waals surface area contributed by atoms with Gasteiger partial charge in [0.1, 0.15) is 23.2 Å². The molecule has 0 bridgehead atoms. The average Bonchev–Trinajstić information content (AvgIpc) is 3.30. The maximum absolute atomic E-state index is 12.7. The van der Waals surface area contributed by atoms with Crippen LogP contribution in [-0.2, 0) is 9.59 Å². The average molecular weight is 401 g/mol. The fraction of sp³-hybridized carbons (Fsp3) is 0.136. The lowest BCUT2D eigenvalue weighted by Gasteiger charge is -2.25. The zero-order chi connectivity index (χ0) is 21.6. The molecule has 0 fully saturated rings. The predicted octanol–water partition coefficient (Wildman–Crippen LogP) is 2.44. The van der Waals surface area contributed by atoms with Crippen LogP contribution in [0.5, 0.6) is 0 Å². The van der Waals surface area contributed by atoms with Crippen molar-refractivity contribution in [3.05, 3.63) is 63.9 Å². The van der Waals surface area contributed by atoms with Crippen molar-refractivity contribution in [1.29, 1.82) is 5.26 Å². The van der Waals surface area contributed by atoms with E-state index < -0.39 is 23.6 Å². The van der Waals surface area contributed by atoms with Gasteiger partial charge in [-0.3, -0.25) is 29.4 Å².